The van der Waals surface area contributed by atoms with Gasteiger partial charge in [0, 0.05) is 36.7 Å². The van der Waals surface area contributed by atoms with E-state index in [0.717, 1.165) is 24.2 Å². The maximum Gasteiger partial charge on any atom is 0.243 e. The van der Waals surface area contributed by atoms with Gasteiger partial charge in [0.05, 0.1) is 18.8 Å². The van der Waals surface area contributed by atoms with Crippen LogP contribution in [0.5, 0.6) is 5.88 Å². The first-order chi connectivity index (χ1) is 10.7. The van der Waals surface area contributed by atoms with E-state index in [0.29, 0.717) is 17.6 Å². The number of anilines is 1. The first kappa shape index (κ1) is 14.9. The van der Waals surface area contributed by atoms with Crippen LogP contribution >= 0.6 is 11.3 Å². The summed E-state index contributed by atoms with van der Waals surface area (Å²) < 4.78 is 5.30. The van der Waals surface area contributed by atoms with Crippen molar-refractivity contribution >= 4 is 22.4 Å². The summed E-state index contributed by atoms with van der Waals surface area (Å²) in [6.07, 6.45) is 3.97. The average Bonchev–Trinajstić information content (AvgIpc) is 3.05. The number of thiazole rings is 1. The van der Waals surface area contributed by atoms with Gasteiger partial charge in [-0.2, -0.15) is 0 Å². The van der Waals surface area contributed by atoms with Crippen LogP contribution in [-0.4, -0.2) is 45.5 Å². The number of carbonyl (C=O) groups excluding carboxylic acids is 1. The van der Waals surface area contributed by atoms with Crippen LogP contribution in [-0.2, 0) is 17.8 Å². The highest BCUT2D eigenvalue weighted by molar-refractivity contribution is 7.13. The van der Waals surface area contributed by atoms with Gasteiger partial charge in [-0.1, -0.05) is 0 Å². The van der Waals surface area contributed by atoms with Gasteiger partial charge in [0.2, 0.25) is 11.8 Å². The van der Waals surface area contributed by atoms with Crippen molar-refractivity contribution in [3.05, 3.63) is 29.2 Å². The van der Waals surface area contributed by atoms with Crippen molar-refractivity contribution in [2.75, 3.05) is 19.0 Å². The molecular weight excluding hydrogens is 302 g/mol. The molecule has 3 rings (SSSR count). The second-order valence-corrected chi connectivity index (χ2v) is 5.93. The first-order valence-corrected chi connectivity index (χ1v) is 7.88. The van der Waals surface area contributed by atoms with E-state index in [1.54, 1.807) is 13.3 Å². The molecule has 0 bridgehead atoms. The predicted molar refractivity (Wildman–Crippen MR) is 82.9 cm³/mol. The van der Waals surface area contributed by atoms with Crippen LogP contribution in [0.2, 0.25) is 0 Å². The van der Waals surface area contributed by atoms with E-state index >= 15 is 0 Å². The smallest absolute Gasteiger partial charge is 0.243 e. The number of nitrogens with one attached hydrogen (secondary N) is 1. The van der Waals surface area contributed by atoms with Gasteiger partial charge in [-0.25, -0.2) is 15.0 Å². The Morgan fingerprint density at radius 2 is 2.32 bits per heavy atom. The fourth-order valence-corrected chi connectivity index (χ4v) is 3.04. The Hall–Kier alpha value is -2.06. The molecule has 2 aromatic heterocycles. The molecule has 1 aliphatic rings. The Labute approximate surface area is 132 Å². The molecule has 0 fully saturated rings. The third kappa shape index (κ3) is 2.93. The molecule has 1 atom stereocenters. The highest BCUT2D eigenvalue weighted by atomic mass is 32.1. The van der Waals surface area contributed by atoms with Crippen LogP contribution in [0, 0.1) is 0 Å². The van der Waals surface area contributed by atoms with E-state index in [1.165, 1.54) is 17.7 Å². The van der Waals surface area contributed by atoms with Crippen molar-refractivity contribution in [2.24, 2.45) is 0 Å². The van der Waals surface area contributed by atoms with Crippen molar-refractivity contribution in [3.63, 3.8) is 0 Å². The van der Waals surface area contributed by atoms with Crippen molar-refractivity contribution < 1.29 is 9.53 Å². The Balaban J connectivity index is 1.72. The monoisotopic (exact) mass is 319 g/mol. The van der Waals surface area contributed by atoms with Crippen LogP contribution in [0.25, 0.3) is 0 Å². The Morgan fingerprint density at radius 1 is 1.45 bits per heavy atom. The zero-order valence-electron chi connectivity index (χ0n) is 12.4. The Kier molecular flexibility index (Phi) is 4.30. The number of ether oxygens (including phenoxy) is 1. The molecule has 1 amide bonds. The van der Waals surface area contributed by atoms with Crippen LogP contribution in [0.3, 0.4) is 0 Å². The SMILES string of the molecule is COc1ncnc2c1CN(C(C)C(=O)Nc1nccs1)CC2. The minimum Gasteiger partial charge on any atom is -0.481 e. The van der Waals surface area contributed by atoms with Crippen molar-refractivity contribution in [1.29, 1.82) is 0 Å². The normalized spacial score (nSPS) is 15.9. The van der Waals surface area contributed by atoms with Crippen LogP contribution in [0.4, 0.5) is 5.13 Å². The number of hydrogen-bond donors (Lipinski definition) is 1. The van der Waals surface area contributed by atoms with Crippen LogP contribution < -0.4 is 10.1 Å². The van der Waals surface area contributed by atoms with E-state index in [2.05, 4.69) is 25.2 Å². The summed E-state index contributed by atoms with van der Waals surface area (Å²) in [4.78, 5) is 26.9. The molecular formula is C14H17N5O2S. The number of methoxy groups -OCH3 is 1. The van der Waals surface area contributed by atoms with Crippen LogP contribution in [0.1, 0.15) is 18.2 Å². The summed E-state index contributed by atoms with van der Waals surface area (Å²) in [6, 6.07) is -0.262. The highest BCUT2D eigenvalue weighted by Gasteiger charge is 2.28. The quantitative estimate of drug-likeness (QED) is 0.916. The second kappa shape index (κ2) is 6.37. The number of carbonyl (C=O) groups is 1. The molecule has 0 spiro atoms. The Bertz CT molecular complexity index is 647. The van der Waals surface area contributed by atoms with Gasteiger partial charge in [0.25, 0.3) is 0 Å². The minimum absolute atomic E-state index is 0.0609. The molecule has 0 aromatic carbocycles. The maximum atomic E-state index is 12.3. The summed E-state index contributed by atoms with van der Waals surface area (Å²) in [7, 11) is 1.60. The summed E-state index contributed by atoms with van der Waals surface area (Å²) in [5.41, 5.74) is 1.96. The Morgan fingerprint density at radius 3 is 3.05 bits per heavy atom. The molecule has 8 heteroatoms. The van der Waals surface area contributed by atoms with Gasteiger partial charge in [0.1, 0.15) is 6.33 Å². The number of fused-ring (bicyclic) bond motifs is 1. The number of hydrogen-bond acceptors (Lipinski definition) is 7. The first-order valence-electron chi connectivity index (χ1n) is 7.00. The largest absolute Gasteiger partial charge is 0.481 e. The second-order valence-electron chi connectivity index (χ2n) is 5.03. The van der Waals surface area contributed by atoms with E-state index in [-0.39, 0.29) is 11.9 Å². The molecule has 0 saturated heterocycles. The molecule has 0 saturated carbocycles. The summed E-state index contributed by atoms with van der Waals surface area (Å²) in [6.45, 7) is 3.27. The lowest BCUT2D eigenvalue weighted by atomic mass is 10.0. The fraction of sp³-hybridized carbons (Fsp3) is 0.429. The standard InChI is InChI=1S/C14H17N5O2S/c1-9(12(20)18-14-15-4-6-22-14)19-5-3-11-10(7-19)13(21-2)17-8-16-11/h4,6,8-9H,3,5,7H2,1-2H3,(H,15,18,20). The average molecular weight is 319 g/mol. The van der Waals surface area contributed by atoms with Crippen molar-refractivity contribution in [2.45, 2.75) is 25.9 Å². The van der Waals surface area contributed by atoms with E-state index < -0.39 is 0 Å². The molecule has 1 unspecified atom stereocenters. The maximum absolute atomic E-state index is 12.3. The van der Waals surface area contributed by atoms with E-state index in [4.69, 9.17) is 4.74 Å². The van der Waals surface area contributed by atoms with Gasteiger partial charge in [-0.15, -0.1) is 11.3 Å². The van der Waals surface area contributed by atoms with Gasteiger partial charge in [-0.05, 0) is 6.92 Å². The molecule has 1 N–H and O–H groups in total. The summed E-state index contributed by atoms with van der Waals surface area (Å²) in [5, 5.41) is 5.29. The summed E-state index contributed by atoms with van der Waals surface area (Å²) in [5.74, 6) is 0.524. The van der Waals surface area contributed by atoms with Gasteiger partial charge < -0.3 is 10.1 Å². The van der Waals surface area contributed by atoms with Crippen molar-refractivity contribution in [1.82, 2.24) is 19.9 Å². The van der Waals surface area contributed by atoms with E-state index in [1.807, 2.05) is 12.3 Å². The highest BCUT2D eigenvalue weighted by Crippen LogP contribution is 2.25. The molecule has 0 aliphatic carbocycles. The number of amides is 1. The zero-order valence-corrected chi connectivity index (χ0v) is 13.3. The third-order valence-electron chi connectivity index (χ3n) is 3.78. The molecule has 0 radical (unpaired) electrons. The van der Waals surface area contributed by atoms with Crippen molar-refractivity contribution in [3.8, 4) is 5.88 Å². The van der Waals surface area contributed by atoms with E-state index in [9.17, 15) is 4.79 Å². The van der Waals surface area contributed by atoms with Gasteiger partial charge >= 0.3 is 0 Å². The lowest BCUT2D eigenvalue weighted by Crippen LogP contribution is -2.44. The van der Waals surface area contributed by atoms with Gasteiger partial charge in [0.15, 0.2) is 5.13 Å². The molecule has 3 heterocycles. The lowest BCUT2D eigenvalue weighted by Gasteiger charge is -2.32. The molecule has 116 valence electrons. The lowest BCUT2D eigenvalue weighted by molar-refractivity contribution is -0.121. The minimum atomic E-state index is -0.262. The third-order valence-corrected chi connectivity index (χ3v) is 4.46. The molecule has 1 aliphatic heterocycles. The number of rotatable bonds is 4. The molecule has 22 heavy (non-hydrogen) atoms. The summed E-state index contributed by atoms with van der Waals surface area (Å²) >= 11 is 1.41. The fourth-order valence-electron chi connectivity index (χ4n) is 2.50. The predicted octanol–water partition coefficient (Wildman–Crippen LogP) is 1.33. The molecule has 2 aromatic rings. The number of nitrogens with zero attached hydrogens (tertiary/aromatic N) is 4. The zero-order chi connectivity index (χ0) is 15.5. The van der Waals surface area contributed by atoms with Crippen LogP contribution in [0.15, 0.2) is 17.9 Å². The molecule has 7 nitrogen and oxygen atoms in total. The number of aromatic nitrogens is 3. The van der Waals surface area contributed by atoms with Gasteiger partial charge in [-0.3, -0.25) is 9.69 Å². The topological polar surface area (TPSA) is 80.2 Å².